The van der Waals surface area contributed by atoms with Crippen LogP contribution in [0.5, 0.6) is 0 Å². The van der Waals surface area contributed by atoms with Crippen molar-refractivity contribution in [1.82, 2.24) is 5.32 Å². The van der Waals surface area contributed by atoms with E-state index in [1.54, 1.807) is 6.92 Å². The summed E-state index contributed by atoms with van der Waals surface area (Å²) in [5.74, 6) is -0.764. The largest absolute Gasteiger partial charge is 0.480 e. The molecule has 0 amide bonds. The SMILES string of the molecule is CCCCCCCC/C=C\CCCCCCCCN[C@@H](C)C(=O)O. The average Bonchev–Trinajstić information content (AvgIpc) is 2.57. The Kier molecular flexibility index (Phi) is 17.9. The molecule has 0 heterocycles. The van der Waals surface area contributed by atoms with Crippen LogP contribution in [0, 0.1) is 0 Å². The number of hydrogen-bond donors (Lipinski definition) is 2. The van der Waals surface area contributed by atoms with Crippen LogP contribution >= 0.6 is 0 Å². The minimum atomic E-state index is -0.764. The van der Waals surface area contributed by atoms with Gasteiger partial charge in [0, 0.05) is 0 Å². The molecule has 0 saturated heterocycles. The minimum absolute atomic E-state index is 0.423. The first-order valence-electron chi connectivity index (χ1n) is 10.3. The van der Waals surface area contributed by atoms with Crippen LogP contribution in [-0.4, -0.2) is 23.7 Å². The van der Waals surface area contributed by atoms with Crippen LogP contribution in [0.1, 0.15) is 104 Å². The lowest BCUT2D eigenvalue weighted by Crippen LogP contribution is -2.34. The van der Waals surface area contributed by atoms with Gasteiger partial charge in [-0.15, -0.1) is 0 Å². The highest BCUT2D eigenvalue weighted by Crippen LogP contribution is 2.09. The third kappa shape index (κ3) is 17.5. The molecule has 0 bridgehead atoms. The first kappa shape index (κ1) is 23.2. The molecular formula is C21H41NO2. The molecule has 0 aliphatic carbocycles. The lowest BCUT2D eigenvalue weighted by molar-refractivity contribution is -0.138. The second-order valence-corrected chi connectivity index (χ2v) is 6.95. The zero-order chi connectivity index (χ0) is 17.9. The Balaban J connectivity index is 3.14. The average molecular weight is 340 g/mol. The molecular weight excluding hydrogens is 298 g/mol. The Morgan fingerprint density at radius 3 is 1.79 bits per heavy atom. The zero-order valence-corrected chi connectivity index (χ0v) is 16.2. The Morgan fingerprint density at radius 2 is 1.29 bits per heavy atom. The van der Waals surface area contributed by atoms with Crippen LogP contribution < -0.4 is 5.32 Å². The van der Waals surface area contributed by atoms with Crippen LogP contribution in [0.25, 0.3) is 0 Å². The van der Waals surface area contributed by atoms with Gasteiger partial charge in [0.05, 0.1) is 0 Å². The van der Waals surface area contributed by atoms with E-state index < -0.39 is 12.0 Å². The molecule has 0 aliphatic heterocycles. The number of carboxylic acid groups (broad SMARTS) is 1. The van der Waals surface area contributed by atoms with Crippen LogP contribution in [-0.2, 0) is 4.79 Å². The summed E-state index contributed by atoms with van der Waals surface area (Å²) in [6.07, 6.45) is 23.0. The topological polar surface area (TPSA) is 49.3 Å². The molecule has 0 radical (unpaired) electrons. The fourth-order valence-electron chi connectivity index (χ4n) is 2.78. The maximum atomic E-state index is 10.6. The molecule has 0 fully saturated rings. The molecule has 0 aromatic rings. The molecule has 1 atom stereocenters. The van der Waals surface area contributed by atoms with E-state index in [4.69, 9.17) is 5.11 Å². The van der Waals surface area contributed by atoms with Crippen molar-refractivity contribution < 1.29 is 9.90 Å². The van der Waals surface area contributed by atoms with Gasteiger partial charge in [-0.1, -0.05) is 76.9 Å². The minimum Gasteiger partial charge on any atom is -0.480 e. The predicted octanol–water partition coefficient (Wildman–Crippen LogP) is 6.09. The Morgan fingerprint density at radius 1 is 0.833 bits per heavy atom. The van der Waals surface area contributed by atoms with Gasteiger partial charge in [-0.3, -0.25) is 4.79 Å². The van der Waals surface area contributed by atoms with Crippen molar-refractivity contribution in [2.75, 3.05) is 6.54 Å². The number of hydrogen-bond acceptors (Lipinski definition) is 2. The van der Waals surface area contributed by atoms with Gasteiger partial charge in [-0.2, -0.15) is 0 Å². The molecule has 0 spiro atoms. The van der Waals surface area contributed by atoms with E-state index in [2.05, 4.69) is 24.4 Å². The maximum Gasteiger partial charge on any atom is 0.320 e. The molecule has 142 valence electrons. The van der Waals surface area contributed by atoms with E-state index in [-0.39, 0.29) is 0 Å². The van der Waals surface area contributed by atoms with Gasteiger partial charge in [0.25, 0.3) is 0 Å². The lowest BCUT2D eigenvalue weighted by Gasteiger charge is -2.08. The highest BCUT2D eigenvalue weighted by Gasteiger charge is 2.07. The number of carboxylic acids is 1. The quantitative estimate of drug-likeness (QED) is 0.235. The van der Waals surface area contributed by atoms with Crippen molar-refractivity contribution in [2.24, 2.45) is 0 Å². The second-order valence-electron chi connectivity index (χ2n) is 6.95. The van der Waals surface area contributed by atoms with Gasteiger partial charge >= 0.3 is 5.97 Å². The van der Waals surface area contributed by atoms with Crippen LogP contribution in [0.3, 0.4) is 0 Å². The molecule has 3 nitrogen and oxygen atoms in total. The first-order chi connectivity index (χ1) is 11.7. The fraction of sp³-hybridized carbons (Fsp3) is 0.857. The van der Waals surface area contributed by atoms with Crippen LogP contribution in [0.15, 0.2) is 12.2 Å². The van der Waals surface area contributed by atoms with Gasteiger partial charge in [-0.05, 0) is 45.6 Å². The standard InChI is InChI=1S/C21H41NO2/c1-3-4-5-6-7-8-9-10-11-12-13-14-15-16-17-18-19-22-20(2)21(23)24/h10-11,20,22H,3-9,12-19H2,1-2H3,(H,23,24)/b11-10-/t20-/m0/s1. The summed E-state index contributed by atoms with van der Waals surface area (Å²) >= 11 is 0. The molecule has 0 aromatic carbocycles. The highest BCUT2D eigenvalue weighted by atomic mass is 16.4. The van der Waals surface area contributed by atoms with Crippen LogP contribution in [0.4, 0.5) is 0 Å². The van der Waals surface area contributed by atoms with Gasteiger partial charge in [0.15, 0.2) is 0 Å². The van der Waals surface area contributed by atoms with E-state index in [1.807, 2.05) is 0 Å². The smallest absolute Gasteiger partial charge is 0.320 e. The van der Waals surface area contributed by atoms with Crippen molar-refractivity contribution in [3.05, 3.63) is 12.2 Å². The number of carbonyl (C=O) groups is 1. The normalized spacial score (nSPS) is 12.8. The van der Waals surface area contributed by atoms with Gasteiger partial charge in [-0.25, -0.2) is 0 Å². The molecule has 0 aliphatic rings. The zero-order valence-electron chi connectivity index (χ0n) is 16.2. The Bertz CT molecular complexity index is 302. The van der Waals surface area contributed by atoms with Crippen molar-refractivity contribution in [3.8, 4) is 0 Å². The molecule has 3 heteroatoms. The van der Waals surface area contributed by atoms with E-state index in [0.717, 1.165) is 13.0 Å². The van der Waals surface area contributed by atoms with E-state index >= 15 is 0 Å². The summed E-state index contributed by atoms with van der Waals surface area (Å²) in [4.78, 5) is 10.6. The Hall–Kier alpha value is -0.830. The summed E-state index contributed by atoms with van der Waals surface area (Å²) in [6.45, 7) is 4.78. The van der Waals surface area contributed by atoms with Gasteiger partial charge < -0.3 is 10.4 Å². The molecule has 0 unspecified atom stereocenters. The van der Waals surface area contributed by atoms with E-state index in [0.29, 0.717) is 0 Å². The summed E-state index contributed by atoms with van der Waals surface area (Å²) in [6, 6.07) is -0.423. The van der Waals surface area contributed by atoms with E-state index in [9.17, 15) is 4.79 Å². The van der Waals surface area contributed by atoms with Crippen molar-refractivity contribution >= 4 is 5.97 Å². The number of nitrogens with one attached hydrogen (secondary N) is 1. The van der Waals surface area contributed by atoms with Crippen molar-refractivity contribution in [1.29, 1.82) is 0 Å². The molecule has 0 rings (SSSR count). The lowest BCUT2D eigenvalue weighted by atomic mass is 10.1. The fourth-order valence-corrected chi connectivity index (χ4v) is 2.78. The molecule has 24 heavy (non-hydrogen) atoms. The number of rotatable bonds is 18. The van der Waals surface area contributed by atoms with E-state index in [1.165, 1.54) is 83.5 Å². The van der Waals surface area contributed by atoms with Crippen LogP contribution in [0.2, 0.25) is 0 Å². The van der Waals surface area contributed by atoms with Gasteiger partial charge in [0.2, 0.25) is 0 Å². The third-order valence-corrected chi connectivity index (χ3v) is 4.51. The first-order valence-corrected chi connectivity index (χ1v) is 10.3. The van der Waals surface area contributed by atoms with Crippen molar-refractivity contribution in [2.45, 2.75) is 110 Å². The maximum absolute atomic E-state index is 10.6. The molecule has 2 N–H and O–H groups in total. The third-order valence-electron chi connectivity index (χ3n) is 4.51. The second kappa shape index (κ2) is 18.5. The Labute approximate surface area is 150 Å². The number of aliphatic carboxylic acids is 1. The molecule has 0 aromatic heterocycles. The summed E-state index contributed by atoms with van der Waals surface area (Å²) in [7, 11) is 0. The predicted molar refractivity (Wildman–Crippen MR) is 105 cm³/mol. The molecule has 0 saturated carbocycles. The van der Waals surface area contributed by atoms with Gasteiger partial charge in [0.1, 0.15) is 6.04 Å². The highest BCUT2D eigenvalue weighted by molar-refractivity contribution is 5.72. The summed E-state index contributed by atoms with van der Waals surface area (Å²) in [5.41, 5.74) is 0. The summed E-state index contributed by atoms with van der Waals surface area (Å²) in [5, 5.41) is 11.8. The number of unbranched alkanes of at least 4 members (excludes halogenated alkanes) is 12. The van der Waals surface area contributed by atoms with Crippen molar-refractivity contribution in [3.63, 3.8) is 0 Å². The summed E-state index contributed by atoms with van der Waals surface area (Å²) < 4.78 is 0. The number of allylic oxidation sites excluding steroid dienone is 2. The monoisotopic (exact) mass is 339 g/mol.